The van der Waals surface area contributed by atoms with Crippen molar-refractivity contribution in [3.8, 4) is 141 Å². The zero-order valence-corrected chi connectivity index (χ0v) is 68.4. The molecule has 0 fully saturated rings. The van der Waals surface area contributed by atoms with E-state index in [0.29, 0.717) is 11.9 Å². The van der Waals surface area contributed by atoms with Crippen molar-refractivity contribution in [1.82, 2.24) is 43.6 Å². The summed E-state index contributed by atoms with van der Waals surface area (Å²) in [6.07, 6.45) is 1.83. The molecule has 0 atom stereocenters. The molecule has 0 bridgehead atoms. The van der Waals surface area contributed by atoms with Crippen LogP contribution in [-0.2, 0) is 5.41 Å². The predicted molar refractivity (Wildman–Crippen MR) is 520 cm³/mol. The molecule has 25 aromatic rings. The fourth-order valence-electron chi connectivity index (χ4n) is 22.6. The highest BCUT2D eigenvalue weighted by Crippen LogP contribution is 2.57. The molecule has 0 aliphatic heterocycles. The van der Waals surface area contributed by atoms with Crippen LogP contribution in [0.2, 0.25) is 0 Å². The summed E-state index contributed by atoms with van der Waals surface area (Å²) in [4.78, 5) is 31.5. The number of rotatable bonds is 5. The fraction of sp³-hybridized carbons (Fsp3) is 0.0256. The lowest BCUT2D eigenvalue weighted by molar-refractivity contribution is 0.643. The lowest BCUT2D eigenvalue weighted by Crippen LogP contribution is -2.24. The minimum absolute atomic E-state index is 0.130. The van der Waals surface area contributed by atoms with E-state index in [4.69, 9.17) is 29.9 Å². The van der Waals surface area contributed by atoms with Crippen LogP contribution in [0.3, 0.4) is 0 Å². The normalized spacial score (nSPS) is 12.9. The van der Waals surface area contributed by atoms with Crippen LogP contribution in [0.1, 0.15) is 25.0 Å². The second kappa shape index (κ2) is 25.7. The SMILES string of the molecule is CC1(C)c2ccccc2-c2nc(-n3c4cccc5c4c4c6c(cccc6ccc43)-c3ccccc3-5)nc3cccc1c23.c1ccc(-c2cc(-n3c4cccc5c4c4c6c(cccc6ccc43)-c3ccccc3-5)nc3ncccc23)cc1.c1ccc(-c2nc(-n3c4cccc5c4c4c6c(cccc6ccc43)-c3ccccc3-5)nc3c2-c2cccc4cccc-3c24)cc1. The van der Waals surface area contributed by atoms with Gasteiger partial charge in [-0.15, -0.1) is 0 Å². The summed E-state index contributed by atoms with van der Waals surface area (Å²) in [7, 11) is 0. The number of nitrogens with zero attached hydrogens (tertiary/aromatic N) is 9. The predicted octanol–water partition coefficient (Wildman–Crippen LogP) is 29.9. The zero-order chi connectivity index (χ0) is 82.5. The lowest BCUT2D eigenvalue weighted by Gasteiger charge is -2.34. The maximum absolute atomic E-state index is 5.47. The Labute approximate surface area is 722 Å². The zero-order valence-electron chi connectivity index (χ0n) is 68.4. The van der Waals surface area contributed by atoms with Gasteiger partial charge in [-0.05, 0) is 198 Å². The summed E-state index contributed by atoms with van der Waals surface area (Å²) in [6.45, 7) is 4.62. The maximum atomic E-state index is 5.47. The Kier molecular flexibility index (Phi) is 14.1. The summed E-state index contributed by atoms with van der Waals surface area (Å²) in [5.41, 5.74) is 37.3. The first-order valence-corrected chi connectivity index (χ1v) is 43.3. The van der Waals surface area contributed by atoms with E-state index in [1.807, 2.05) is 12.3 Å². The summed E-state index contributed by atoms with van der Waals surface area (Å²) >= 11 is 0. The highest BCUT2D eigenvalue weighted by molar-refractivity contribution is 6.34. The Balaban J connectivity index is 0.0000000964. The third kappa shape index (κ3) is 9.41. The van der Waals surface area contributed by atoms with Crippen molar-refractivity contribution >= 4 is 130 Å². The van der Waals surface area contributed by atoms with Crippen molar-refractivity contribution in [2.75, 3.05) is 0 Å². The first-order chi connectivity index (χ1) is 62.3. The van der Waals surface area contributed by atoms with Crippen LogP contribution >= 0.6 is 0 Å². The van der Waals surface area contributed by atoms with E-state index in [1.165, 1.54) is 170 Å². The molecule has 9 nitrogen and oxygen atoms in total. The van der Waals surface area contributed by atoms with E-state index < -0.39 is 0 Å². The Morgan fingerprint density at radius 2 is 0.603 bits per heavy atom. The average Bonchev–Trinajstić information content (AvgIpc) is 1.52. The molecule has 0 N–H and O–H groups in total. The molecular weight excluding hydrogens is 1530 g/mol. The molecular formula is C117H69N9. The number of hydrogen-bond donors (Lipinski definition) is 0. The first kappa shape index (κ1) is 69.1. The van der Waals surface area contributed by atoms with E-state index in [2.05, 4.69) is 398 Å². The van der Waals surface area contributed by atoms with E-state index >= 15 is 0 Å². The topological polar surface area (TPSA) is 92.1 Å². The van der Waals surface area contributed by atoms with Crippen LogP contribution < -0.4 is 0 Å². The molecule has 0 amide bonds. The second-order valence-electron chi connectivity index (χ2n) is 34.5. The van der Waals surface area contributed by atoms with Gasteiger partial charge in [0.25, 0.3) is 0 Å². The standard InChI is InChI=1S/C42H23N3.C39H25N3.C36H21N3/c1-2-10-26(11-3-1)40-38-31-19-7-12-24-13-8-20-32(35(24)31)41(38)44-42(43-40)45-33-21-9-18-30-28-16-5-4-15-27(28)29-17-6-14-25-22-23-34(45)39(36(25)29)37(30)33;1-39(2)28-16-6-5-13-27(28)37-35-29(39)17-9-18-30(35)40-38(41-37)42-31-19-8-15-26-24-12-4-3-11-23(24)25-14-7-10-22-20-21-32(42)36(33(22)25)34(26)31;1-2-9-22(10-3-1)29-21-32(38-36-28(29)16-8-20-37-36)39-30-17-7-15-27-25-13-5-4-12-24(25)26-14-6-11-23-18-19-31(39)35(33(23)26)34(27)30/h1-23H;3-21H,1-2H3;1-21H. The number of benzene rings is 18. The van der Waals surface area contributed by atoms with Gasteiger partial charge < -0.3 is 0 Å². The fourth-order valence-corrected chi connectivity index (χ4v) is 22.6. The van der Waals surface area contributed by atoms with Gasteiger partial charge in [-0.1, -0.05) is 329 Å². The van der Waals surface area contributed by atoms with Gasteiger partial charge in [-0.25, -0.2) is 29.9 Å². The van der Waals surface area contributed by atoms with Crippen LogP contribution in [0.4, 0.5) is 0 Å². The number of hydrogen-bond acceptors (Lipinski definition) is 6. The largest absolute Gasteiger partial charge is 0.294 e. The molecule has 0 unspecified atom stereocenters. The van der Waals surface area contributed by atoms with Crippen molar-refractivity contribution in [2.45, 2.75) is 19.3 Å². The number of pyridine rings is 2. The molecule has 7 aromatic heterocycles. The molecule has 5 aliphatic carbocycles. The molecule has 9 heteroatoms. The van der Waals surface area contributed by atoms with E-state index in [0.717, 1.165) is 100 Å². The minimum Gasteiger partial charge on any atom is -0.294 e. The minimum atomic E-state index is -0.130. The van der Waals surface area contributed by atoms with E-state index in [1.54, 1.807) is 0 Å². The molecule has 0 saturated heterocycles. The molecule has 0 saturated carbocycles. The Bertz CT molecular complexity index is 9200. The van der Waals surface area contributed by atoms with Crippen LogP contribution in [0, 0.1) is 0 Å². The summed E-state index contributed by atoms with van der Waals surface area (Å²) in [6, 6.07) is 136. The summed E-state index contributed by atoms with van der Waals surface area (Å²) in [5, 5.41) is 20.0. The first-order valence-electron chi connectivity index (χ1n) is 43.3. The van der Waals surface area contributed by atoms with Crippen molar-refractivity contribution in [1.29, 1.82) is 0 Å². The quantitative estimate of drug-likeness (QED) is 0.170. The highest BCUT2D eigenvalue weighted by atomic mass is 15.2. The second-order valence-corrected chi connectivity index (χ2v) is 34.5. The monoisotopic (exact) mass is 1600 g/mol. The maximum Gasteiger partial charge on any atom is 0.235 e. The van der Waals surface area contributed by atoms with Gasteiger partial charge in [0.1, 0.15) is 5.82 Å². The molecule has 582 valence electrons. The van der Waals surface area contributed by atoms with Gasteiger partial charge in [0.15, 0.2) is 5.65 Å². The van der Waals surface area contributed by atoms with Gasteiger partial charge >= 0.3 is 0 Å². The number of fused-ring (bicyclic) bond motifs is 15. The van der Waals surface area contributed by atoms with Crippen LogP contribution in [0.15, 0.2) is 382 Å². The Hall–Kier alpha value is -16.6. The molecule has 18 aromatic carbocycles. The highest BCUT2D eigenvalue weighted by Gasteiger charge is 2.37. The smallest absolute Gasteiger partial charge is 0.235 e. The summed E-state index contributed by atoms with van der Waals surface area (Å²) < 4.78 is 6.93. The van der Waals surface area contributed by atoms with E-state index in [-0.39, 0.29) is 5.41 Å². The van der Waals surface area contributed by atoms with Crippen LogP contribution in [0.25, 0.3) is 271 Å². The van der Waals surface area contributed by atoms with Gasteiger partial charge in [0.05, 0.1) is 55.7 Å². The summed E-state index contributed by atoms with van der Waals surface area (Å²) in [5.74, 6) is 2.29. The molecule has 0 radical (unpaired) electrons. The van der Waals surface area contributed by atoms with Gasteiger partial charge in [-0.2, -0.15) is 0 Å². The van der Waals surface area contributed by atoms with E-state index in [9.17, 15) is 0 Å². The van der Waals surface area contributed by atoms with Crippen molar-refractivity contribution in [3.05, 3.63) is 393 Å². The molecule has 5 aliphatic rings. The molecule has 7 heterocycles. The Morgan fingerprint density at radius 1 is 0.222 bits per heavy atom. The lowest BCUT2D eigenvalue weighted by atomic mass is 9.70. The van der Waals surface area contributed by atoms with Crippen molar-refractivity contribution in [3.63, 3.8) is 0 Å². The van der Waals surface area contributed by atoms with Crippen LogP contribution in [0.5, 0.6) is 0 Å². The van der Waals surface area contributed by atoms with Crippen molar-refractivity contribution < 1.29 is 0 Å². The average molecular weight is 1600 g/mol. The Morgan fingerprint density at radius 3 is 1.13 bits per heavy atom. The molecule has 0 spiro atoms. The van der Waals surface area contributed by atoms with Gasteiger partial charge in [-0.3, -0.25) is 13.7 Å². The van der Waals surface area contributed by atoms with Gasteiger partial charge in [0.2, 0.25) is 11.9 Å². The molecule has 126 heavy (non-hydrogen) atoms. The third-order valence-electron chi connectivity index (χ3n) is 27.8. The van der Waals surface area contributed by atoms with Crippen LogP contribution in [-0.4, -0.2) is 43.6 Å². The third-order valence-corrected chi connectivity index (χ3v) is 27.8. The number of aromatic nitrogens is 9. The van der Waals surface area contributed by atoms with Crippen molar-refractivity contribution in [2.24, 2.45) is 0 Å². The molecule has 30 rings (SSSR count). The van der Waals surface area contributed by atoms with Gasteiger partial charge in [0, 0.05) is 77.0 Å².